The van der Waals surface area contributed by atoms with E-state index in [1.54, 1.807) is 6.07 Å². The van der Waals surface area contributed by atoms with Crippen LogP contribution in [0, 0.1) is 0 Å². The van der Waals surface area contributed by atoms with Crippen molar-refractivity contribution in [2.24, 2.45) is 0 Å². The zero-order chi connectivity index (χ0) is 30.1. The minimum atomic E-state index is -1.19. The summed E-state index contributed by atoms with van der Waals surface area (Å²) in [6.45, 7) is 5.94. The van der Waals surface area contributed by atoms with Crippen LogP contribution in [0.3, 0.4) is 0 Å². The number of amides is 2. The Morgan fingerprint density at radius 2 is 1.36 bits per heavy atom. The second kappa shape index (κ2) is 13.5. The van der Waals surface area contributed by atoms with Crippen molar-refractivity contribution >= 4 is 35.0 Å². The third-order valence-electron chi connectivity index (χ3n) is 6.27. The van der Waals surface area contributed by atoms with Gasteiger partial charge in [0.05, 0.1) is 17.9 Å². The molecule has 0 fully saturated rings. The van der Waals surface area contributed by atoms with Crippen molar-refractivity contribution in [3.05, 3.63) is 114 Å². The van der Waals surface area contributed by atoms with Gasteiger partial charge in [0, 0.05) is 12.2 Å². The molecular formula is C34H35N3O5. The molecule has 3 N–H and O–H groups in total. The van der Waals surface area contributed by atoms with Crippen molar-refractivity contribution in [1.29, 1.82) is 0 Å². The molecule has 4 aromatic rings. The van der Waals surface area contributed by atoms with Crippen LogP contribution in [0.1, 0.15) is 38.3 Å². The first-order chi connectivity index (χ1) is 20.1. The molecule has 0 heterocycles. The SMILES string of the molecule is CC(C)(C)OC(=O)NCc1ccc(Nc2ccccc2N(Cc2ccc(-c3ccccc3)cc2)C(=O)CC(=O)O)cc1. The molecule has 0 unspecified atom stereocenters. The summed E-state index contributed by atoms with van der Waals surface area (Å²) >= 11 is 0. The lowest BCUT2D eigenvalue weighted by Crippen LogP contribution is -2.32. The van der Waals surface area contributed by atoms with Gasteiger partial charge in [0.1, 0.15) is 12.0 Å². The van der Waals surface area contributed by atoms with Crippen LogP contribution in [-0.4, -0.2) is 28.7 Å². The van der Waals surface area contributed by atoms with Crippen molar-refractivity contribution in [3.8, 4) is 11.1 Å². The van der Waals surface area contributed by atoms with Gasteiger partial charge >= 0.3 is 12.1 Å². The first kappa shape index (κ1) is 29.9. The molecular weight excluding hydrogens is 530 g/mol. The second-order valence-corrected chi connectivity index (χ2v) is 10.8. The van der Waals surface area contributed by atoms with Crippen LogP contribution in [-0.2, 0) is 27.4 Å². The Balaban J connectivity index is 1.51. The minimum Gasteiger partial charge on any atom is -0.481 e. The Bertz CT molecular complexity index is 1510. The highest BCUT2D eigenvalue weighted by Gasteiger charge is 2.22. The van der Waals surface area contributed by atoms with E-state index >= 15 is 0 Å². The standard InChI is InChI=1S/C34H35N3O5/c1-34(2,3)42-33(41)35-22-24-15-19-28(20-16-24)36-29-11-7-8-12-30(29)37(31(38)21-32(39)40)23-25-13-17-27(18-14-25)26-9-5-4-6-10-26/h4-20,36H,21-23H2,1-3H3,(H,35,41)(H,39,40). The van der Waals surface area contributed by atoms with E-state index in [0.29, 0.717) is 17.9 Å². The Morgan fingerprint density at radius 1 is 0.762 bits per heavy atom. The molecule has 0 radical (unpaired) electrons. The van der Waals surface area contributed by atoms with Crippen LogP contribution in [0.2, 0.25) is 0 Å². The number of ether oxygens (including phenoxy) is 1. The monoisotopic (exact) mass is 565 g/mol. The Labute approximate surface area is 246 Å². The number of alkyl carbamates (subject to hydrolysis) is 1. The van der Waals surface area contributed by atoms with Gasteiger partial charge in [-0.1, -0.05) is 78.9 Å². The van der Waals surface area contributed by atoms with Crippen molar-refractivity contribution in [2.45, 2.75) is 45.9 Å². The number of benzene rings is 4. The van der Waals surface area contributed by atoms with Gasteiger partial charge < -0.3 is 25.4 Å². The van der Waals surface area contributed by atoms with Crippen LogP contribution < -0.4 is 15.5 Å². The number of carboxylic acids is 1. The normalized spacial score (nSPS) is 10.9. The maximum Gasteiger partial charge on any atom is 0.407 e. The fourth-order valence-corrected chi connectivity index (χ4v) is 4.31. The van der Waals surface area contributed by atoms with Crippen LogP contribution in [0.25, 0.3) is 11.1 Å². The highest BCUT2D eigenvalue weighted by Crippen LogP contribution is 2.31. The first-order valence-electron chi connectivity index (χ1n) is 13.7. The number of carboxylic acid groups (broad SMARTS) is 1. The average Bonchev–Trinajstić information content (AvgIpc) is 2.95. The van der Waals surface area contributed by atoms with Gasteiger partial charge in [-0.05, 0) is 67.3 Å². The number of carbonyl (C=O) groups is 3. The Morgan fingerprint density at radius 3 is 2.00 bits per heavy atom. The van der Waals surface area contributed by atoms with Crippen LogP contribution in [0.4, 0.5) is 21.9 Å². The van der Waals surface area contributed by atoms with Gasteiger partial charge in [-0.3, -0.25) is 9.59 Å². The van der Waals surface area contributed by atoms with Gasteiger partial charge in [0.25, 0.3) is 0 Å². The summed E-state index contributed by atoms with van der Waals surface area (Å²) in [7, 11) is 0. The van der Waals surface area contributed by atoms with Crippen molar-refractivity contribution in [2.75, 3.05) is 10.2 Å². The summed E-state index contributed by atoms with van der Waals surface area (Å²) in [5.74, 6) is -1.71. The maximum atomic E-state index is 13.2. The van der Waals surface area contributed by atoms with Crippen molar-refractivity contribution in [3.63, 3.8) is 0 Å². The van der Waals surface area contributed by atoms with E-state index in [2.05, 4.69) is 10.6 Å². The zero-order valence-electron chi connectivity index (χ0n) is 24.0. The minimum absolute atomic E-state index is 0.204. The number of hydrogen-bond donors (Lipinski definition) is 3. The molecule has 0 aliphatic rings. The summed E-state index contributed by atoms with van der Waals surface area (Å²) in [5, 5.41) is 15.5. The zero-order valence-corrected chi connectivity index (χ0v) is 24.0. The smallest absolute Gasteiger partial charge is 0.407 e. The molecule has 4 rings (SSSR count). The molecule has 4 aromatic carbocycles. The molecule has 42 heavy (non-hydrogen) atoms. The number of rotatable bonds is 10. The molecule has 0 saturated heterocycles. The molecule has 0 aliphatic carbocycles. The number of nitrogens with one attached hydrogen (secondary N) is 2. The van der Waals surface area contributed by atoms with E-state index in [4.69, 9.17) is 4.74 Å². The highest BCUT2D eigenvalue weighted by molar-refractivity contribution is 6.04. The average molecular weight is 566 g/mol. The molecule has 216 valence electrons. The summed E-state index contributed by atoms with van der Waals surface area (Å²) in [4.78, 5) is 38.1. The first-order valence-corrected chi connectivity index (χ1v) is 13.7. The number of nitrogens with zero attached hydrogens (tertiary/aromatic N) is 1. The van der Waals surface area contributed by atoms with Crippen molar-refractivity contribution in [1.82, 2.24) is 5.32 Å². The lowest BCUT2D eigenvalue weighted by molar-refractivity contribution is -0.140. The lowest BCUT2D eigenvalue weighted by Gasteiger charge is -2.25. The predicted molar refractivity (Wildman–Crippen MR) is 165 cm³/mol. The molecule has 2 amide bonds. The van der Waals surface area contributed by atoms with Crippen LogP contribution in [0.15, 0.2) is 103 Å². The third-order valence-corrected chi connectivity index (χ3v) is 6.27. The molecule has 0 aromatic heterocycles. The molecule has 0 aliphatic heterocycles. The fraction of sp³-hybridized carbons (Fsp3) is 0.206. The van der Waals surface area contributed by atoms with Gasteiger partial charge in [-0.2, -0.15) is 0 Å². The molecule has 0 atom stereocenters. The summed E-state index contributed by atoms with van der Waals surface area (Å²) in [5.41, 5.74) is 5.29. The molecule has 8 heteroatoms. The quantitative estimate of drug-likeness (QED) is 0.177. The molecule has 0 saturated carbocycles. The molecule has 8 nitrogen and oxygen atoms in total. The number of anilines is 3. The van der Waals surface area contributed by atoms with Gasteiger partial charge in [-0.15, -0.1) is 0 Å². The number of para-hydroxylation sites is 2. The van der Waals surface area contributed by atoms with Crippen LogP contribution >= 0.6 is 0 Å². The maximum absolute atomic E-state index is 13.2. The Hall–Kier alpha value is -5.11. The number of aliphatic carboxylic acids is 1. The fourth-order valence-electron chi connectivity index (χ4n) is 4.31. The third kappa shape index (κ3) is 8.69. The number of carbonyl (C=O) groups excluding carboxylic acids is 2. The largest absolute Gasteiger partial charge is 0.481 e. The van der Waals surface area contributed by atoms with Crippen molar-refractivity contribution < 1.29 is 24.2 Å². The van der Waals surface area contributed by atoms with E-state index in [-0.39, 0.29) is 6.54 Å². The van der Waals surface area contributed by atoms with E-state index in [1.807, 2.05) is 118 Å². The summed E-state index contributed by atoms with van der Waals surface area (Å²) in [6.07, 6.45) is -1.12. The molecule has 0 bridgehead atoms. The Kier molecular flexibility index (Phi) is 9.60. The highest BCUT2D eigenvalue weighted by atomic mass is 16.6. The predicted octanol–water partition coefficient (Wildman–Crippen LogP) is 7.13. The van der Waals surface area contributed by atoms with Gasteiger partial charge in [0.2, 0.25) is 5.91 Å². The summed E-state index contributed by atoms with van der Waals surface area (Å²) < 4.78 is 5.28. The van der Waals surface area contributed by atoms with E-state index in [1.165, 1.54) is 4.90 Å². The van der Waals surface area contributed by atoms with Gasteiger partial charge in [0.15, 0.2) is 0 Å². The van der Waals surface area contributed by atoms with Crippen LogP contribution in [0.5, 0.6) is 0 Å². The van der Waals surface area contributed by atoms with E-state index in [0.717, 1.165) is 27.9 Å². The second-order valence-electron chi connectivity index (χ2n) is 10.8. The molecule has 0 spiro atoms. The van der Waals surface area contributed by atoms with E-state index in [9.17, 15) is 19.5 Å². The topological polar surface area (TPSA) is 108 Å². The lowest BCUT2D eigenvalue weighted by atomic mass is 10.0. The van der Waals surface area contributed by atoms with Gasteiger partial charge in [-0.25, -0.2) is 4.79 Å². The van der Waals surface area contributed by atoms with E-state index < -0.39 is 30.0 Å². The number of hydrogen-bond acceptors (Lipinski definition) is 5. The summed E-state index contributed by atoms with van der Waals surface area (Å²) in [6, 6.07) is 32.7.